The van der Waals surface area contributed by atoms with Gasteiger partial charge in [-0.15, -0.1) is 0 Å². The molecule has 0 unspecified atom stereocenters. The molecule has 0 radical (unpaired) electrons. The zero-order valence-electron chi connectivity index (χ0n) is 13.6. The van der Waals surface area contributed by atoms with Gasteiger partial charge in [0.1, 0.15) is 11.5 Å². The molecular weight excluding hydrogens is 320 g/mol. The number of hydrogen-bond donors (Lipinski definition) is 1. The Kier molecular flexibility index (Phi) is 3.69. The lowest BCUT2D eigenvalue weighted by Crippen LogP contribution is -1.94. The molecule has 0 aliphatic carbocycles. The number of aromatic nitrogens is 4. The summed E-state index contributed by atoms with van der Waals surface area (Å²) in [4.78, 5) is 16.6. The van der Waals surface area contributed by atoms with E-state index < -0.39 is 0 Å². The number of hydrogen-bond acceptors (Lipinski definition) is 3. The van der Waals surface area contributed by atoms with E-state index >= 15 is 0 Å². The second kappa shape index (κ2) is 5.87. The maximum absolute atomic E-state index is 6.10. The zero-order valence-corrected chi connectivity index (χ0v) is 14.4. The summed E-state index contributed by atoms with van der Waals surface area (Å²) in [7, 11) is 0. The quantitative estimate of drug-likeness (QED) is 0.530. The summed E-state index contributed by atoms with van der Waals surface area (Å²) in [5.41, 5.74) is 6.24. The Morgan fingerprint density at radius 2 is 1.88 bits per heavy atom. The fourth-order valence-corrected chi connectivity index (χ4v) is 3.34. The molecular formula is C19H17ClN4. The first-order chi connectivity index (χ1) is 11.7. The third-order valence-electron chi connectivity index (χ3n) is 4.32. The predicted octanol–water partition coefficient (Wildman–Crippen LogP) is 5.09. The smallest absolute Gasteiger partial charge is 0.116 e. The summed E-state index contributed by atoms with van der Waals surface area (Å²) in [6, 6.07) is 6.19. The van der Waals surface area contributed by atoms with Gasteiger partial charge in [-0.25, -0.2) is 9.97 Å². The molecule has 4 nitrogen and oxygen atoms in total. The number of rotatable bonds is 3. The van der Waals surface area contributed by atoms with E-state index in [1.54, 1.807) is 6.33 Å². The van der Waals surface area contributed by atoms with Crippen LogP contribution in [0.2, 0.25) is 5.15 Å². The normalized spacial score (nSPS) is 11.5. The van der Waals surface area contributed by atoms with Crippen LogP contribution in [0.15, 0.2) is 36.9 Å². The molecule has 0 spiro atoms. The molecule has 24 heavy (non-hydrogen) atoms. The Morgan fingerprint density at radius 1 is 1.04 bits per heavy atom. The van der Waals surface area contributed by atoms with Crippen molar-refractivity contribution in [3.05, 3.63) is 53.3 Å². The van der Waals surface area contributed by atoms with Crippen LogP contribution in [0.3, 0.4) is 0 Å². The molecule has 0 fully saturated rings. The second-order valence-electron chi connectivity index (χ2n) is 6.02. The molecule has 1 N–H and O–H groups in total. The zero-order chi connectivity index (χ0) is 16.7. The number of benzene rings is 1. The number of halogens is 1. The van der Waals surface area contributed by atoms with Crippen molar-refractivity contribution in [1.82, 2.24) is 19.9 Å². The highest BCUT2D eigenvalue weighted by molar-refractivity contribution is 6.30. The third-order valence-corrected chi connectivity index (χ3v) is 4.54. The van der Waals surface area contributed by atoms with Crippen molar-refractivity contribution in [2.24, 2.45) is 0 Å². The topological polar surface area (TPSA) is 54.5 Å². The first-order valence-electron chi connectivity index (χ1n) is 8.04. The van der Waals surface area contributed by atoms with Crippen LogP contribution in [-0.4, -0.2) is 19.9 Å². The largest absolute Gasteiger partial charge is 0.352 e. The van der Waals surface area contributed by atoms with Crippen molar-refractivity contribution in [2.75, 3.05) is 0 Å². The Balaban J connectivity index is 1.99. The van der Waals surface area contributed by atoms with Gasteiger partial charge in [0.25, 0.3) is 0 Å². The Labute approximate surface area is 144 Å². The lowest BCUT2D eigenvalue weighted by atomic mass is 9.97. The summed E-state index contributed by atoms with van der Waals surface area (Å²) in [6.45, 7) is 4.29. The van der Waals surface area contributed by atoms with Gasteiger partial charge < -0.3 is 4.98 Å². The number of aryl methyl sites for hydroxylation is 2. The van der Waals surface area contributed by atoms with E-state index in [1.807, 2.05) is 18.5 Å². The molecule has 0 amide bonds. The molecule has 4 aromatic rings. The molecule has 3 heterocycles. The van der Waals surface area contributed by atoms with Crippen LogP contribution < -0.4 is 0 Å². The Hall–Kier alpha value is -2.46. The SMILES string of the molecule is CCCc1cc(C)c(-c2cc3c[nH]c(Cl)cc3c3ncnc23)cn1. The van der Waals surface area contributed by atoms with Gasteiger partial charge in [-0.05, 0) is 37.1 Å². The van der Waals surface area contributed by atoms with E-state index in [2.05, 4.69) is 45.9 Å². The van der Waals surface area contributed by atoms with Crippen LogP contribution >= 0.6 is 11.6 Å². The summed E-state index contributed by atoms with van der Waals surface area (Å²) in [5.74, 6) is 0. The van der Waals surface area contributed by atoms with Crippen LogP contribution in [0.1, 0.15) is 24.6 Å². The maximum atomic E-state index is 6.10. The van der Waals surface area contributed by atoms with Gasteiger partial charge in [0.15, 0.2) is 0 Å². The van der Waals surface area contributed by atoms with Crippen molar-refractivity contribution in [3.8, 4) is 11.1 Å². The van der Waals surface area contributed by atoms with E-state index in [-0.39, 0.29) is 0 Å². The maximum Gasteiger partial charge on any atom is 0.116 e. The van der Waals surface area contributed by atoms with Crippen molar-refractivity contribution in [2.45, 2.75) is 26.7 Å². The van der Waals surface area contributed by atoms with Gasteiger partial charge in [0, 0.05) is 40.0 Å². The number of fused-ring (bicyclic) bond motifs is 3. The minimum atomic E-state index is 0.585. The summed E-state index contributed by atoms with van der Waals surface area (Å²) < 4.78 is 0. The van der Waals surface area contributed by atoms with Gasteiger partial charge in [0.05, 0.1) is 11.0 Å². The van der Waals surface area contributed by atoms with Gasteiger partial charge in [-0.3, -0.25) is 4.98 Å². The monoisotopic (exact) mass is 336 g/mol. The van der Waals surface area contributed by atoms with E-state index in [4.69, 9.17) is 11.6 Å². The van der Waals surface area contributed by atoms with Crippen molar-refractivity contribution in [1.29, 1.82) is 0 Å². The van der Waals surface area contributed by atoms with E-state index in [9.17, 15) is 0 Å². The fraction of sp³-hybridized carbons (Fsp3) is 0.211. The highest BCUT2D eigenvalue weighted by Gasteiger charge is 2.14. The summed E-state index contributed by atoms with van der Waals surface area (Å²) in [6.07, 6.45) is 7.56. The number of imidazole rings is 1. The van der Waals surface area contributed by atoms with E-state index in [0.717, 1.165) is 51.5 Å². The fourth-order valence-electron chi connectivity index (χ4n) is 3.18. The van der Waals surface area contributed by atoms with Crippen LogP contribution in [0.5, 0.6) is 0 Å². The summed E-state index contributed by atoms with van der Waals surface area (Å²) in [5, 5.41) is 2.64. The van der Waals surface area contributed by atoms with Crippen molar-refractivity contribution >= 4 is 33.4 Å². The molecule has 5 heteroatoms. The van der Waals surface area contributed by atoms with Crippen LogP contribution in [0.25, 0.3) is 32.9 Å². The molecule has 120 valence electrons. The highest BCUT2D eigenvalue weighted by Crippen LogP contribution is 2.34. The average molecular weight is 337 g/mol. The van der Waals surface area contributed by atoms with Crippen LogP contribution in [-0.2, 0) is 6.42 Å². The summed E-state index contributed by atoms with van der Waals surface area (Å²) >= 11 is 6.10. The van der Waals surface area contributed by atoms with Gasteiger partial charge >= 0.3 is 0 Å². The third kappa shape index (κ3) is 2.43. The first kappa shape index (κ1) is 15.1. The molecule has 3 aromatic heterocycles. The predicted molar refractivity (Wildman–Crippen MR) is 98.4 cm³/mol. The van der Waals surface area contributed by atoms with E-state index in [1.165, 1.54) is 5.56 Å². The second-order valence-corrected chi connectivity index (χ2v) is 6.43. The molecule has 4 rings (SSSR count). The van der Waals surface area contributed by atoms with Crippen molar-refractivity contribution in [3.63, 3.8) is 0 Å². The lowest BCUT2D eigenvalue weighted by Gasteiger charge is -2.10. The molecule has 0 saturated carbocycles. The molecule has 0 aliphatic heterocycles. The first-order valence-corrected chi connectivity index (χ1v) is 8.42. The molecule has 0 aliphatic rings. The molecule has 0 bridgehead atoms. The van der Waals surface area contributed by atoms with Crippen molar-refractivity contribution < 1.29 is 0 Å². The number of aromatic amines is 1. The standard InChI is InChI=1S/C19H17ClN4/c1-3-4-13-5-11(2)16(9-21-13)15-6-12-8-22-17(20)7-14(12)18-19(15)24-10-23-18/h5-10,22H,3-4H2,1-2H3. The minimum Gasteiger partial charge on any atom is -0.352 e. The molecule has 0 atom stereocenters. The average Bonchev–Trinajstić information content (AvgIpc) is 3.05. The Morgan fingerprint density at radius 3 is 2.67 bits per heavy atom. The number of nitrogens with one attached hydrogen (secondary N) is 1. The number of H-pyrrole nitrogens is 1. The van der Waals surface area contributed by atoms with Gasteiger partial charge in [-0.1, -0.05) is 24.9 Å². The number of pyridine rings is 2. The van der Waals surface area contributed by atoms with Crippen LogP contribution in [0.4, 0.5) is 0 Å². The highest BCUT2D eigenvalue weighted by atomic mass is 35.5. The minimum absolute atomic E-state index is 0.585. The molecule has 1 aromatic carbocycles. The van der Waals surface area contributed by atoms with E-state index in [0.29, 0.717) is 5.15 Å². The van der Waals surface area contributed by atoms with Gasteiger partial charge in [-0.2, -0.15) is 0 Å². The molecule has 0 saturated heterocycles. The van der Waals surface area contributed by atoms with Crippen LogP contribution in [0, 0.1) is 6.92 Å². The Bertz CT molecular complexity index is 1050. The lowest BCUT2D eigenvalue weighted by molar-refractivity contribution is 0.881. The van der Waals surface area contributed by atoms with Gasteiger partial charge in [0.2, 0.25) is 0 Å². The number of nitrogens with zero attached hydrogens (tertiary/aromatic N) is 3.